The van der Waals surface area contributed by atoms with E-state index in [2.05, 4.69) is 10.3 Å². The van der Waals surface area contributed by atoms with Crippen LogP contribution in [0.25, 0.3) is 11.0 Å². The molecule has 0 unspecified atom stereocenters. The van der Waals surface area contributed by atoms with E-state index in [0.717, 1.165) is 18.4 Å². The lowest BCUT2D eigenvalue weighted by Gasteiger charge is -2.09. The van der Waals surface area contributed by atoms with Crippen LogP contribution in [0.5, 0.6) is 0 Å². The second-order valence-electron chi connectivity index (χ2n) is 5.47. The Bertz CT molecular complexity index is 694. The summed E-state index contributed by atoms with van der Waals surface area (Å²) in [5, 5.41) is 2.92. The summed E-state index contributed by atoms with van der Waals surface area (Å²) < 4.78 is 15.6. The standard InChI is InChI=1S/C15H17ClFN3O/c1-9-6-13-12(7-11(9)17)19-14(8-16)20(13)5-4-18-15(21)10-2-3-10/h6-7,10H,2-5,8H2,1H3,(H,18,21). The molecule has 1 N–H and O–H groups in total. The Balaban J connectivity index is 1.81. The molecule has 0 saturated heterocycles. The number of alkyl halides is 1. The van der Waals surface area contributed by atoms with Gasteiger partial charge in [-0.1, -0.05) is 0 Å². The molecule has 0 bridgehead atoms. The number of imidazole rings is 1. The fourth-order valence-electron chi connectivity index (χ4n) is 2.43. The fraction of sp³-hybridized carbons (Fsp3) is 0.467. The van der Waals surface area contributed by atoms with Crippen molar-refractivity contribution in [3.63, 3.8) is 0 Å². The number of amides is 1. The zero-order chi connectivity index (χ0) is 15.0. The largest absolute Gasteiger partial charge is 0.354 e. The summed E-state index contributed by atoms with van der Waals surface area (Å²) in [7, 11) is 0. The number of carbonyl (C=O) groups is 1. The van der Waals surface area contributed by atoms with Gasteiger partial charge in [0.25, 0.3) is 0 Å². The van der Waals surface area contributed by atoms with Crippen LogP contribution < -0.4 is 5.32 Å². The van der Waals surface area contributed by atoms with Gasteiger partial charge < -0.3 is 9.88 Å². The smallest absolute Gasteiger partial charge is 0.223 e. The van der Waals surface area contributed by atoms with Crippen molar-refractivity contribution in [3.05, 3.63) is 29.3 Å². The van der Waals surface area contributed by atoms with Crippen LogP contribution >= 0.6 is 11.6 Å². The lowest BCUT2D eigenvalue weighted by Crippen LogP contribution is -2.28. The Morgan fingerprint density at radius 3 is 2.95 bits per heavy atom. The fourth-order valence-corrected chi connectivity index (χ4v) is 2.64. The van der Waals surface area contributed by atoms with E-state index in [1.807, 2.05) is 4.57 Å². The summed E-state index contributed by atoms with van der Waals surface area (Å²) in [6.45, 7) is 2.84. The monoisotopic (exact) mass is 309 g/mol. The minimum absolute atomic E-state index is 0.120. The minimum Gasteiger partial charge on any atom is -0.354 e. The van der Waals surface area contributed by atoms with Crippen molar-refractivity contribution in [2.24, 2.45) is 5.92 Å². The summed E-state index contributed by atoms with van der Waals surface area (Å²) in [4.78, 5) is 16.0. The number of rotatable bonds is 5. The van der Waals surface area contributed by atoms with Crippen LogP contribution in [0, 0.1) is 18.7 Å². The van der Waals surface area contributed by atoms with E-state index in [1.165, 1.54) is 6.07 Å². The quantitative estimate of drug-likeness (QED) is 0.863. The number of nitrogens with zero attached hydrogens (tertiary/aromatic N) is 2. The third-order valence-electron chi connectivity index (χ3n) is 3.81. The SMILES string of the molecule is Cc1cc2c(cc1F)nc(CCl)n2CCNC(=O)C1CC1. The maximum absolute atomic E-state index is 13.6. The Labute approximate surface area is 127 Å². The number of aryl methyl sites for hydroxylation is 1. The van der Waals surface area contributed by atoms with Crippen molar-refractivity contribution in [2.75, 3.05) is 6.54 Å². The van der Waals surface area contributed by atoms with Gasteiger partial charge in [0.1, 0.15) is 11.6 Å². The molecular weight excluding hydrogens is 293 g/mol. The maximum Gasteiger partial charge on any atom is 0.223 e. The van der Waals surface area contributed by atoms with Gasteiger partial charge >= 0.3 is 0 Å². The number of hydrogen-bond donors (Lipinski definition) is 1. The maximum atomic E-state index is 13.6. The molecule has 3 rings (SSSR count). The zero-order valence-corrected chi connectivity index (χ0v) is 12.6. The number of halogens is 2. The number of hydrogen-bond acceptors (Lipinski definition) is 2. The molecule has 0 spiro atoms. The Hall–Kier alpha value is -1.62. The van der Waals surface area contributed by atoms with Gasteiger partial charge in [-0.25, -0.2) is 9.37 Å². The zero-order valence-electron chi connectivity index (χ0n) is 11.8. The van der Waals surface area contributed by atoms with E-state index in [-0.39, 0.29) is 23.5 Å². The van der Waals surface area contributed by atoms with E-state index in [1.54, 1.807) is 13.0 Å². The Kier molecular flexibility index (Phi) is 3.85. The molecule has 2 aromatic rings. The molecule has 1 aromatic heterocycles. The van der Waals surface area contributed by atoms with Crippen molar-refractivity contribution >= 4 is 28.5 Å². The molecule has 6 heteroatoms. The molecule has 1 aliphatic rings. The van der Waals surface area contributed by atoms with E-state index in [9.17, 15) is 9.18 Å². The van der Waals surface area contributed by atoms with Gasteiger partial charge in [0.2, 0.25) is 5.91 Å². The third kappa shape index (κ3) is 2.88. The predicted octanol–water partition coefficient (Wildman–Crippen LogP) is 2.75. The van der Waals surface area contributed by atoms with Gasteiger partial charge in [-0.2, -0.15) is 0 Å². The first-order valence-corrected chi connectivity index (χ1v) is 7.62. The average Bonchev–Trinajstić information content (AvgIpc) is 3.25. The molecule has 1 heterocycles. The van der Waals surface area contributed by atoms with Gasteiger partial charge in [0.15, 0.2) is 0 Å². The van der Waals surface area contributed by atoms with Crippen LogP contribution in [-0.2, 0) is 17.2 Å². The third-order valence-corrected chi connectivity index (χ3v) is 4.05. The van der Waals surface area contributed by atoms with Crippen LogP contribution in [0.15, 0.2) is 12.1 Å². The molecule has 1 fully saturated rings. The van der Waals surface area contributed by atoms with Crippen LogP contribution in [0.2, 0.25) is 0 Å². The second-order valence-corrected chi connectivity index (χ2v) is 5.74. The van der Waals surface area contributed by atoms with E-state index in [4.69, 9.17) is 11.6 Å². The Morgan fingerprint density at radius 2 is 2.29 bits per heavy atom. The van der Waals surface area contributed by atoms with Crippen LogP contribution in [-0.4, -0.2) is 22.0 Å². The van der Waals surface area contributed by atoms with Crippen molar-refractivity contribution in [1.29, 1.82) is 0 Å². The summed E-state index contributed by atoms with van der Waals surface area (Å²) in [6, 6.07) is 3.20. The lowest BCUT2D eigenvalue weighted by atomic mass is 10.2. The molecule has 0 aliphatic heterocycles. The van der Waals surface area contributed by atoms with Crippen LogP contribution in [0.1, 0.15) is 24.2 Å². The number of aromatic nitrogens is 2. The first kappa shape index (κ1) is 14.3. The number of fused-ring (bicyclic) bond motifs is 1. The highest BCUT2D eigenvalue weighted by Gasteiger charge is 2.29. The van der Waals surface area contributed by atoms with Gasteiger partial charge in [0.05, 0.1) is 16.9 Å². The highest BCUT2D eigenvalue weighted by atomic mass is 35.5. The van der Waals surface area contributed by atoms with Gasteiger partial charge in [0, 0.05) is 25.1 Å². The van der Waals surface area contributed by atoms with Gasteiger partial charge in [-0.3, -0.25) is 4.79 Å². The molecular formula is C15H17ClFN3O. The topological polar surface area (TPSA) is 46.9 Å². The molecule has 0 radical (unpaired) electrons. The molecule has 0 atom stereocenters. The molecule has 1 amide bonds. The van der Waals surface area contributed by atoms with Crippen molar-refractivity contribution < 1.29 is 9.18 Å². The molecule has 1 aromatic carbocycles. The van der Waals surface area contributed by atoms with Crippen molar-refractivity contribution in [3.8, 4) is 0 Å². The molecule has 4 nitrogen and oxygen atoms in total. The van der Waals surface area contributed by atoms with E-state index >= 15 is 0 Å². The highest BCUT2D eigenvalue weighted by Crippen LogP contribution is 2.28. The first-order valence-electron chi connectivity index (χ1n) is 7.09. The second kappa shape index (κ2) is 5.64. The molecule has 112 valence electrons. The van der Waals surface area contributed by atoms with E-state index in [0.29, 0.717) is 30.0 Å². The van der Waals surface area contributed by atoms with Crippen molar-refractivity contribution in [2.45, 2.75) is 32.2 Å². The highest BCUT2D eigenvalue weighted by molar-refractivity contribution is 6.16. The minimum atomic E-state index is -0.268. The lowest BCUT2D eigenvalue weighted by molar-refractivity contribution is -0.122. The molecule has 1 aliphatic carbocycles. The van der Waals surface area contributed by atoms with Gasteiger partial charge in [-0.05, 0) is 31.4 Å². The summed E-state index contributed by atoms with van der Waals surface area (Å²) in [6.07, 6.45) is 1.98. The van der Waals surface area contributed by atoms with Gasteiger partial charge in [-0.15, -0.1) is 11.6 Å². The first-order chi connectivity index (χ1) is 10.1. The summed E-state index contributed by atoms with van der Waals surface area (Å²) in [5.74, 6) is 1.00. The normalized spacial score (nSPS) is 14.6. The van der Waals surface area contributed by atoms with Crippen LogP contribution in [0.4, 0.5) is 4.39 Å². The average molecular weight is 310 g/mol. The van der Waals surface area contributed by atoms with Crippen molar-refractivity contribution in [1.82, 2.24) is 14.9 Å². The Morgan fingerprint density at radius 1 is 1.52 bits per heavy atom. The van der Waals surface area contributed by atoms with E-state index < -0.39 is 0 Å². The number of carbonyl (C=O) groups excluding carboxylic acids is 1. The summed E-state index contributed by atoms with van der Waals surface area (Å²) >= 11 is 5.92. The number of benzene rings is 1. The predicted molar refractivity (Wildman–Crippen MR) is 79.7 cm³/mol. The van der Waals surface area contributed by atoms with Crippen LogP contribution in [0.3, 0.4) is 0 Å². The number of nitrogens with one attached hydrogen (secondary N) is 1. The molecule has 1 saturated carbocycles. The summed E-state index contributed by atoms with van der Waals surface area (Å²) in [5.41, 5.74) is 2.03. The molecule has 21 heavy (non-hydrogen) atoms.